The second-order valence-electron chi connectivity index (χ2n) is 9.57. The summed E-state index contributed by atoms with van der Waals surface area (Å²) >= 11 is 6.43. The molecule has 2 fully saturated rings. The van der Waals surface area contributed by atoms with E-state index in [1.807, 2.05) is 86.6 Å². The lowest BCUT2D eigenvalue weighted by molar-refractivity contribution is -0.188. The number of hydrazine groups is 1. The second kappa shape index (κ2) is 13.5. The first kappa shape index (κ1) is 29.9. The van der Waals surface area contributed by atoms with Crippen molar-refractivity contribution in [2.45, 2.75) is 39.1 Å². The molecule has 0 radical (unpaired) electrons. The normalized spacial score (nSPS) is 18.8. The van der Waals surface area contributed by atoms with Crippen molar-refractivity contribution in [1.82, 2.24) is 25.1 Å². The lowest BCUT2D eigenvalue weighted by atomic mass is 9.98. The summed E-state index contributed by atoms with van der Waals surface area (Å²) in [5.74, 6) is 0.294. The zero-order valence-electron chi connectivity index (χ0n) is 23.8. The van der Waals surface area contributed by atoms with Gasteiger partial charge >= 0.3 is 6.03 Å². The first-order chi connectivity index (χ1) is 19.9. The first-order valence-corrected chi connectivity index (χ1v) is 14.0. The molecule has 0 spiro atoms. The maximum atomic E-state index is 13.9. The summed E-state index contributed by atoms with van der Waals surface area (Å²) in [6.07, 6.45) is -0.711. The van der Waals surface area contributed by atoms with Crippen molar-refractivity contribution < 1.29 is 19.1 Å². The van der Waals surface area contributed by atoms with Gasteiger partial charge in [0, 0.05) is 25.2 Å². The van der Waals surface area contributed by atoms with Gasteiger partial charge in [-0.05, 0) is 34.9 Å². The number of methoxy groups -OCH3 is 1. The van der Waals surface area contributed by atoms with Crippen LogP contribution in [-0.4, -0.2) is 71.1 Å². The van der Waals surface area contributed by atoms with Gasteiger partial charge in [-0.1, -0.05) is 86.1 Å². The van der Waals surface area contributed by atoms with Crippen LogP contribution < -0.4 is 10.1 Å². The van der Waals surface area contributed by atoms with Crippen molar-refractivity contribution in [3.63, 3.8) is 0 Å². The van der Waals surface area contributed by atoms with Crippen LogP contribution in [0.1, 0.15) is 36.6 Å². The van der Waals surface area contributed by atoms with Crippen LogP contribution in [0.5, 0.6) is 5.75 Å². The van der Waals surface area contributed by atoms with Crippen molar-refractivity contribution in [3.05, 3.63) is 101 Å². The second-order valence-corrected chi connectivity index (χ2v) is 9.98. The molecule has 41 heavy (non-hydrogen) atoms. The van der Waals surface area contributed by atoms with Gasteiger partial charge in [0.15, 0.2) is 0 Å². The Morgan fingerprint density at radius 1 is 0.976 bits per heavy atom. The summed E-state index contributed by atoms with van der Waals surface area (Å²) in [6, 6.07) is 22.7. The molecule has 5 rings (SSSR count). The molecule has 216 valence electrons. The number of piperazine rings is 1. The Balaban J connectivity index is 0.00000189. The monoisotopic (exact) mass is 577 g/mol. The zero-order valence-corrected chi connectivity index (χ0v) is 24.5. The van der Waals surface area contributed by atoms with E-state index in [1.165, 1.54) is 5.01 Å². The Bertz CT molecular complexity index is 1350. The molecule has 9 nitrogen and oxygen atoms in total. The number of halogens is 1. The smallest absolute Gasteiger partial charge is 0.334 e. The molecule has 1 unspecified atom stereocenters. The van der Waals surface area contributed by atoms with Crippen LogP contribution in [0.25, 0.3) is 0 Å². The lowest BCUT2D eigenvalue weighted by Gasteiger charge is -2.54. The Morgan fingerprint density at radius 3 is 2.29 bits per heavy atom. The predicted octanol–water partition coefficient (Wildman–Crippen LogP) is 4.69. The van der Waals surface area contributed by atoms with Crippen molar-refractivity contribution in [3.8, 4) is 5.75 Å². The van der Waals surface area contributed by atoms with Crippen LogP contribution in [0.2, 0.25) is 5.02 Å². The van der Waals surface area contributed by atoms with E-state index >= 15 is 0 Å². The first-order valence-electron chi connectivity index (χ1n) is 13.7. The molecule has 0 aliphatic carbocycles. The van der Waals surface area contributed by atoms with Gasteiger partial charge in [-0.3, -0.25) is 9.59 Å². The molecular weight excluding hydrogens is 542 g/mol. The molecule has 2 aliphatic rings. The average molecular weight is 578 g/mol. The fraction of sp³-hybridized carbons (Fsp3) is 0.323. The number of carbonyl (C=O) groups excluding carboxylic acids is 3. The third kappa shape index (κ3) is 6.47. The number of ether oxygens (including phenoxy) is 1. The van der Waals surface area contributed by atoms with Gasteiger partial charge in [0.05, 0.1) is 20.2 Å². The predicted molar refractivity (Wildman–Crippen MR) is 158 cm³/mol. The fourth-order valence-corrected chi connectivity index (χ4v) is 5.33. The quantitative estimate of drug-likeness (QED) is 0.460. The number of nitrogens with zero attached hydrogens (tertiary/aromatic N) is 4. The minimum atomic E-state index is -0.870. The number of hydrogen-bond acceptors (Lipinski definition) is 5. The van der Waals surface area contributed by atoms with E-state index < -0.39 is 12.2 Å². The molecular formula is C31H36ClN5O4. The molecule has 10 heteroatoms. The maximum absolute atomic E-state index is 13.9. The molecule has 1 N–H and O–H groups in total. The number of carbonyl (C=O) groups is 3. The maximum Gasteiger partial charge on any atom is 0.334 e. The number of hydrogen-bond donors (Lipinski definition) is 1. The number of nitrogens with one attached hydrogen (secondary N) is 1. The molecule has 2 heterocycles. The summed E-state index contributed by atoms with van der Waals surface area (Å²) in [5.41, 5.74) is 2.38. The number of benzene rings is 3. The molecule has 3 aromatic rings. The van der Waals surface area contributed by atoms with E-state index in [-0.39, 0.29) is 44.0 Å². The largest absolute Gasteiger partial charge is 0.497 e. The average Bonchev–Trinajstić information content (AvgIpc) is 2.99. The number of fused-ring (bicyclic) bond motifs is 1. The summed E-state index contributed by atoms with van der Waals surface area (Å²) < 4.78 is 5.21. The van der Waals surface area contributed by atoms with E-state index in [9.17, 15) is 14.4 Å². The highest BCUT2D eigenvalue weighted by molar-refractivity contribution is 6.31. The van der Waals surface area contributed by atoms with Crippen molar-refractivity contribution in [2.24, 2.45) is 0 Å². The van der Waals surface area contributed by atoms with Crippen molar-refractivity contribution in [2.75, 3.05) is 27.2 Å². The van der Waals surface area contributed by atoms with Crippen LogP contribution in [0.15, 0.2) is 78.9 Å². The summed E-state index contributed by atoms with van der Waals surface area (Å²) in [6.45, 7) is 4.65. The zero-order chi connectivity index (χ0) is 29.5. The number of urea groups is 1. The number of likely N-dealkylation sites (N-methyl/N-ethyl adjacent to an activating group) is 1. The van der Waals surface area contributed by atoms with E-state index in [0.29, 0.717) is 10.6 Å². The Kier molecular flexibility index (Phi) is 9.86. The summed E-state index contributed by atoms with van der Waals surface area (Å²) in [4.78, 5) is 44.1. The highest BCUT2D eigenvalue weighted by atomic mass is 35.5. The molecule has 0 saturated carbocycles. The third-order valence-electron chi connectivity index (χ3n) is 7.08. The Labute approximate surface area is 246 Å². The number of amides is 4. The Hall–Kier alpha value is -4.08. The van der Waals surface area contributed by atoms with Gasteiger partial charge < -0.3 is 19.9 Å². The topological polar surface area (TPSA) is 85.4 Å². The van der Waals surface area contributed by atoms with Crippen LogP contribution >= 0.6 is 11.6 Å². The fourth-order valence-electron chi connectivity index (χ4n) is 5.13. The van der Waals surface area contributed by atoms with Crippen molar-refractivity contribution in [1.29, 1.82) is 0 Å². The molecule has 2 atom stereocenters. The van der Waals surface area contributed by atoms with Gasteiger partial charge in [-0.15, -0.1) is 0 Å². The van der Waals surface area contributed by atoms with Gasteiger partial charge in [0.2, 0.25) is 5.91 Å². The standard InChI is InChI=1S/C29H30ClN5O4.C2H6/c1-32-19-26(36)34-25(35(32)29(38)31-16-20-12-14-23(39-2)15-13-20)18-33(17-22-10-6-7-11-24(22)30)28(37)27(34)21-8-4-3-5-9-21;1-2/h3-15,25,27H,16-19H2,1-2H3,(H,31,38);1-2H3/t25?,27-;/m0./s1. The highest BCUT2D eigenvalue weighted by Crippen LogP contribution is 2.35. The third-order valence-corrected chi connectivity index (χ3v) is 7.44. The van der Waals surface area contributed by atoms with Gasteiger partial charge in [0.25, 0.3) is 5.91 Å². The number of rotatable bonds is 6. The molecule has 2 aliphatic heterocycles. The summed E-state index contributed by atoms with van der Waals surface area (Å²) in [5, 5.41) is 6.66. The van der Waals surface area contributed by atoms with Crippen LogP contribution in [0.3, 0.4) is 0 Å². The molecule has 4 amide bonds. The minimum Gasteiger partial charge on any atom is -0.497 e. The molecule has 3 aromatic carbocycles. The SMILES string of the molecule is CC.COc1ccc(CNC(=O)N2C3CN(Cc4ccccc4Cl)C(=O)[C@H](c4ccccc4)N3C(=O)CN2C)cc1. The van der Waals surface area contributed by atoms with Gasteiger partial charge in [-0.2, -0.15) is 0 Å². The summed E-state index contributed by atoms with van der Waals surface area (Å²) in [7, 11) is 3.30. The van der Waals surface area contributed by atoms with Gasteiger partial charge in [-0.25, -0.2) is 14.8 Å². The highest BCUT2D eigenvalue weighted by Gasteiger charge is 2.51. The van der Waals surface area contributed by atoms with E-state index in [2.05, 4.69) is 5.32 Å². The van der Waals surface area contributed by atoms with Crippen molar-refractivity contribution >= 4 is 29.4 Å². The molecule has 2 saturated heterocycles. The molecule has 0 bridgehead atoms. The Morgan fingerprint density at radius 2 is 1.63 bits per heavy atom. The van der Waals surface area contributed by atoms with E-state index in [4.69, 9.17) is 16.3 Å². The van der Waals surface area contributed by atoms with Crippen LogP contribution in [0, 0.1) is 0 Å². The lowest BCUT2D eigenvalue weighted by Crippen LogP contribution is -2.73. The molecule has 0 aromatic heterocycles. The minimum absolute atomic E-state index is 0.0341. The van der Waals surface area contributed by atoms with Crippen LogP contribution in [0.4, 0.5) is 4.79 Å². The van der Waals surface area contributed by atoms with E-state index in [0.717, 1.165) is 16.9 Å². The van der Waals surface area contributed by atoms with Gasteiger partial charge in [0.1, 0.15) is 18.0 Å². The van der Waals surface area contributed by atoms with E-state index in [1.54, 1.807) is 35.0 Å². The van der Waals surface area contributed by atoms with Crippen LogP contribution in [-0.2, 0) is 22.7 Å².